The fraction of sp³-hybridized carbons (Fsp3) is 0.273. The first-order chi connectivity index (χ1) is 7.06. The maximum atomic E-state index is 11.5. The molecule has 1 aromatic heterocycles. The second-order valence-electron chi connectivity index (χ2n) is 3.16. The van der Waals surface area contributed by atoms with Crippen LogP contribution in [0.5, 0.6) is 0 Å². The van der Waals surface area contributed by atoms with Crippen molar-refractivity contribution < 1.29 is 4.79 Å². The molecule has 0 aliphatic carbocycles. The average molecular weight is 223 g/mol. The van der Waals surface area contributed by atoms with Gasteiger partial charge in [0.2, 0.25) is 0 Å². The predicted octanol–water partition coefficient (Wildman–Crippen LogP) is 0.266. The number of Topliss-reactive ketones (excluding diaryl/α,β-unsaturated/α-hetero) is 1. The molecule has 0 aliphatic rings. The van der Waals surface area contributed by atoms with E-state index >= 15 is 0 Å². The van der Waals surface area contributed by atoms with Gasteiger partial charge in [-0.3, -0.25) is 14.2 Å². The minimum absolute atomic E-state index is 0.0370. The molecule has 0 aromatic carbocycles. The van der Waals surface area contributed by atoms with E-state index in [1.807, 2.05) is 19.1 Å². The molecule has 0 atom stereocenters. The quantitative estimate of drug-likeness (QED) is 0.737. The Morgan fingerprint density at radius 3 is 2.80 bits per heavy atom. The summed E-state index contributed by atoms with van der Waals surface area (Å²) in [6, 6.07) is 0. The summed E-state index contributed by atoms with van der Waals surface area (Å²) in [7, 11) is 0. The zero-order valence-electron chi connectivity index (χ0n) is 8.82. The summed E-state index contributed by atoms with van der Waals surface area (Å²) < 4.78 is 2.15. The van der Waals surface area contributed by atoms with Gasteiger partial charge in [0.1, 0.15) is 5.78 Å². The summed E-state index contributed by atoms with van der Waals surface area (Å²) in [5, 5.41) is 0.721. The molecule has 1 rings (SSSR count). The molecule has 0 amide bonds. The lowest BCUT2D eigenvalue weighted by molar-refractivity contribution is -0.117. The number of ketones is 1. The van der Waals surface area contributed by atoms with Crippen molar-refractivity contribution in [3.63, 3.8) is 0 Å². The largest absolute Gasteiger partial charge is 0.308 e. The van der Waals surface area contributed by atoms with E-state index in [0.29, 0.717) is 4.53 Å². The lowest BCUT2D eigenvalue weighted by Gasteiger charge is -1.96. The van der Waals surface area contributed by atoms with E-state index in [4.69, 9.17) is 0 Å². The van der Waals surface area contributed by atoms with Gasteiger partial charge in [0.05, 0.1) is 11.9 Å². The van der Waals surface area contributed by atoms with Crippen LogP contribution in [0.15, 0.2) is 16.9 Å². The second kappa shape index (κ2) is 4.89. The van der Waals surface area contributed by atoms with Gasteiger partial charge in [-0.1, -0.05) is 30.1 Å². The highest BCUT2D eigenvalue weighted by Gasteiger charge is 2.03. The van der Waals surface area contributed by atoms with E-state index in [0.717, 1.165) is 16.7 Å². The van der Waals surface area contributed by atoms with Crippen LogP contribution in [0.4, 0.5) is 0 Å². The molecule has 3 nitrogen and oxygen atoms in total. The van der Waals surface area contributed by atoms with Gasteiger partial charge < -0.3 is 0 Å². The Labute approximate surface area is 91.7 Å². The van der Waals surface area contributed by atoms with Crippen LogP contribution in [0.25, 0.3) is 12.7 Å². The number of allylic oxidation sites excluding steroid dienone is 2. The maximum Gasteiger partial charge on any atom is 0.308 e. The number of aromatic nitrogens is 1. The number of carbonyl (C=O) groups excluding carboxylic acids is 1. The summed E-state index contributed by atoms with van der Waals surface area (Å²) in [6.07, 6.45) is 5.48. The van der Waals surface area contributed by atoms with Crippen LogP contribution in [0.2, 0.25) is 0 Å². The number of rotatable bonds is 3. The minimum atomic E-state index is -0.133. The zero-order valence-corrected chi connectivity index (χ0v) is 9.63. The van der Waals surface area contributed by atoms with Crippen molar-refractivity contribution in [3.05, 3.63) is 31.7 Å². The molecular formula is C11H13NO2S. The molecule has 1 heterocycles. The molecular weight excluding hydrogens is 210 g/mol. The second-order valence-corrected chi connectivity index (χ2v) is 4.20. The van der Waals surface area contributed by atoms with Crippen LogP contribution in [-0.4, -0.2) is 10.4 Å². The van der Waals surface area contributed by atoms with Crippen LogP contribution in [0.1, 0.15) is 13.8 Å². The molecule has 4 heteroatoms. The standard InChI is InChI=1S/C11H13NO2S/c1-4-5-6-10-9(3)15-11(14)12(10)7-8(2)13/h4-6H,3,7H2,1-2H3/b5-4-,10-6+. The molecule has 0 unspecified atom stereocenters. The van der Waals surface area contributed by atoms with Gasteiger partial charge in [-0.2, -0.15) is 0 Å². The summed E-state index contributed by atoms with van der Waals surface area (Å²) in [5.41, 5.74) is 0. The summed E-state index contributed by atoms with van der Waals surface area (Å²) in [6.45, 7) is 7.26. The SMILES string of the molecule is C=c1sc(=O)n(CC(C)=O)/c1=C/C=C\C. The fourth-order valence-corrected chi connectivity index (χ4v) is 1.97. The molecule has 0 N–H and O–H groups in total. The van der Waals surface area contributed by atoms with Crippen molar-refractivity contribution in [2.24, 2.45) is 0 Å². The first-order valence-corrected chi connectivity index (χ1v) is 5.39. The van der Waals surface area contributed by atoms with E-state index in [1.165, 1.54) is 11.5 Å². The number of hydrogen-bond acceptors (Lipinski definition) is 3. The van der Waals surface area contributed by atoms with Crippen LogP contribution in [0.3, 0.4) is 0 Å². The molecule has 15 heavy (non-hydrogen) atoms. The lowest BCUT2D eigenvalue weighted by atomic mass is 10.4. The predicted molar refractivity (Wildman–Crippen MR) is 63.3 cm³/mol. The highest BCUT2D eigenvalue weighted by Crippen LogP contribution is 1.79. The number of hydrogen-bond donors (Lipinski definition) is 0. The Balaban J connectivity index is 3.43. The van der Waals surface area contributed by atoms with Gasteiger partial charge in [0.25, 0.3) is 0 Å². The van der Waals surface area contributed by atoms with Crippen molar-refractivity contribution in [1.29, 1.82) is 0 Å². The van der Waals surface area contributed by atoms with Crippen molar-refractivity contribution in [2.45, 2.75) is 20.4 Å². The first-order valence-electron chi connectivity index (χ1n) is 4.57. The van der Waals surface area contributed by atoms with E-state index in [9.17, 15) is 9.59 Å². The lowest BCUT2D eigenvalue weighted by Crippen LogP contribution is -2.33. The maximum absolute atomic E-state index is 11.5. The monoisotopic (exact) mass is 223 g/mol. The van der Waals surface area contributed by atoms with Crippen molar-refractivity contribution >= 4 is 29.8 Å². The summed E-state index contributed by atoms with van der Waals surface area (Å²) >= 11 is 1.07. The summed E-state index contributed by atoms with van der Waals surface area (Å²) in [5.74, 6) is -0.0370. The van der Waals surface area contributed by atoms with Crippen LogP contribution < -0.4 is 14.8 Å². The van der Waals surface area contributed by atoms with Gasteiger partial charge in [-0.15, -0.1) is 0 Å². The Bertz CT molecular complexity index is 548. The number of nitrogens with zero attached hydrogens (tertiary/aromatic N) is 1. The third-order valence-corrected chi connectivity index (χ3v) is 2.69. The molecule has 0 saturated heterocycles. The number of carbonyl (C=O) groups is 1. The van der Waals surface area contributed by atoms with E-state index in [1.54, 1.807) is 6.08 Å². The van der Waals surface area contributed by atoms with Crippen LogP contribution in [-0.2, 0) is 11.3 Å². The molecule has 0 bridgehead atoms. The number of thiazole rings is 1. The van der Waals surface area contributed by atoms with E-state index in [-0.39, 0.29) is 17.2 Å². The highest BCUT2D eigenvalue weighted by atomic mass is 32.1. The smallest absolute Gasteiger partial charge is 0.298 e. The van der Waals surface area contributed by atoms with Gasteiger partial charge in [0, 0.05) is 4.53 Å². The van der Waals surface area contributed by atoms with Gasteiger partial charge >= 0.3 is 4.87 Å². The van der Waals surface area contributed by atoms with E-state index in [2.05, 4.69) is 6.58 Å². The van der Waals surface area contributed by atoms with Crippen LogP contribution in [0, 0.1) is 0 Å². The van der Waals surface area contributed by atoms with Gasteiger partial charge in [-0.05, 0) is 19.9 Å². The topological polar surface area (TPSA) is 39.1 Å². The zero-order chi connectivity index (χ0) is 11.4. The van der Waals surface area contributed by atoms with Gasteiger partial charge in [0.15, 0.2) is 0 Å². The molecule has 0 fully saturated rings. The van der Waals surface area contributed by atoms with Crippen LogP contribution >= 0.6 is 11.3 Å². The third-order valence-electron chi connectivity index (χ3n) is 1.83. The Hall–Kier alpha value is -1.42. The molecule has 80 valence electrons. The molecule has 1 aromatic rings. The van der Waals surface area contributed by atoms with E-state index < -0.39 is 0 Å². The molecule has 0 saturated carbocycles. The van der Waals surface area contributed by atoms with Crippen molar-refractivity contribution in [3.8, 4) is 0 Å². The molecule has 0 radical (unpaired) electrons. The normalized spacial score (nSPS) is 12.5. The Morgan fingerprint density at radius 2 is 2.27 bits per heavy atom. The molecule has 0 aliphatic heterocycles. The highest BCUT2D eigenvalue weighted by molar-refractivity contribution is 7.06. The van der Waals surface area contributed by atoms with Crippen molar-refractivity contribution in [1.82, 2.24) is 4.57 Å². The first kappa shape index (κ1) is 11.7. The molecule has 0 spiro atoms. The minimum Gasteiger partial charge on any atom is -0.298 e. The Kier molecular flexibility index (Phi) is 3.80. The fourth-order valence-electron chi connectivity index (χ4n) is 1.20. The average Bonchev–Trinajstić information content (AvgIpc) is 2.39. The summed E-state index contributed by atoms with van der Waals surface area (Å²) in [4.78, 5) is 22.4. The van der Waals surface area contributed by atoms with Gasteiger partial charge in [-0.25, -0.2) is 0 Å². The third kappa shape index (κ3) is 2.76. The van der Waals surface area contributed by atoms with Crippen molar-refractivity contribution in [2.75, 3.05) is 0 Å². The Morgan fingerprint density at radius 1 is 1.60 bits per heavy atom.